The van der Waals surface area contributed by atoms with Crippen LogP contribution in [0.2, 0.25) is 0 Å². The Morgan fingerprint density at radius 2 is 1.28 bits per heavy atom. The summed E-state index contributed by atoms with van der Waals surface area (Å²) >= 11 is 0. The van der Waals surface area contributed by atoms with E-state index in [4.69, 9.17) is 18.9 Å². The third-order valence-corrected chi connectivity index (χ3v) is 9.13. The topological polar surface area (TPSA) is 186 Å². The molecule has 4 N–H and O–H groups in total. The van der Waals surface area contributed by atoms with Gasteiger partial charge in [0.1, 0.15) is 36.8 Å². The third kappa shape index (κ3) is 26.0. The highest BCUT2D eigenvalue weighted by Gasteiger charge is 2.46. The van der Waals surface area contributed by atoms with E-state index in [1.165, 1.54) is 38.5 Å². The van der Waals surface area contributed by atoms with Crippen molar-refractivity contribution in [2.45, 2.75) is 153 Å². The lowest BCUT2D eigenvalue weighted by Crippen LogP contribution is -2.60. The lowest BCUT2D eigenvalue weighted by molar-refractivity contribution is -0.297. The summed E-state index contributed by atoms with van der Waals surface area (Å²) < 4.78 is 53.7. The molecule has 0 bridgehead atoms. The molecule has 1 heterocycles. The maximum Gasteiger partial charge on any atom is 0.306 e. The van der Waals surface area contributed by atoms with Crippen molar-refractivity contribution in [3.63, 3.8) is 0 Å². The van der Waals surface area contributed by atoms with Crippen LogP contribution in [0.5, 0.6) is 0 Å². The second-order valence-electron chi connectivity index (χ2n) is 13.3. The van der Waals surface area contributed by atoms with E-state index in [0.29, 0.717) is 12.8 Å². The Kier molecular flexibility index (Phi) is 28.5. The molecule has 1 aliphatic rings. The molecule has 13 heteroatoms. The molecule has 3 unspecified atom stereocenters. The monoisotopic (exact) mass is 782 g/mol. The van der Waals surface area contributed by atoms with Gasteiger partial charge in [0.15, 0.2) is 12.4 Å². The van der Waals surface area contributed by atoms with Gasteiger partial charge in [-0.05, 0) is 51.4 Å². The predicted molar refractivity (Wildman–Crippen MR) is 210 cm³/mol. The van der Waals surface area contributed by atoms with Gasteiger partial charge in [0.25, 0.3) is 10.1 Å². The molecule has 0 amide bonds. The van der Waals surface area contributed by atoms with Crippen LogP contribution in [0.25, 0.3) is 0 Å². The zero-order valence-electron chi connectivity index (χ0n) is 32.3. The molecule has 1 aliphatic heterocycles. The van der Waals surface area contributed by atoms with Crippen molar-refractivity contribution in [1.82, 2.24) is 0 Å². The first kappa shape index (κ1) is 49.1. The van der Waals surface area contributed by atoms with Gasteiger partial charge >= 0.3 is 11.9 Å². The van der Waals surface area contributed by atoms with Crippen molar-refractivity contribution < 1.29 is 56.8 Å². The van der Waals surface area contributed by atoms with E-state index < -0.39 is 71.2 Å². The molecule has 0 saturated carbocycles. The normalized spacial score (nSPS) is 21.8. The molecule has 1 fully saturated rings. The molecule has 1 saturated heterocycles. The fourth-order valence-corrected chi connectivity index (χ4v) is 6.02. The minimum atomic E-state index is -4.61. The average Bonchev–Trinajstić information content (AvgIpc) is 3.13. The van der Waals surface area contributed by atoms with Gasteiger partial charge in [-0.3, -0.25) is 14.1 Å². The van der Waals surface area contributed by atoms with Gasteiger partial charge in [-0.2, -0.15) is 8.42 Å². The molecule has 0 aromatic rings. The number of rotatable bonds is 30. The number of unbranched alkanes of at least 4 members (excludes halogenated alkanes) is 9. The fourth-order valence-electron chi connectivity index (χ4n) is 5.33. The quantitative estimate of drug-likeness (QED) is 0.0197. The number of hydrogen-bond acceptors (Lipinski definition) is 11. The van der Waals surface area contributed by atoms with E-state index >= 15 is 0 Å². The van der Waals surface area contributed by atoms with E-state index in [1.807, 2.05) is 48.6 Å². The molecular weight excluding hydrogens is 717 g/mol. The van der Waals surface area contributed by atoms with Gasteiger partial charge in [-0.25, -0.2) is 0 Å². The largest absolute Gasteiger partial charge is 0.462 e. The highest BCUT2D eigenvalue weighted by atomic mass is 32.2. The Bertz CT molecular complexity index is 1290. The van der Waals surface area contributed by atoms with Gasteiger partial charge in [0, 0.05) is 12.8 Å². The van der Waals surface area contributed by atoms with Crippen molar-refractivity contribution in [3.8, 4) is 0 Å². The van der Waals surface area contributed by atoms with E-state index in [0.717, 1.165) is 38.5 Å². The van der Waals surface area contributed by atoms with Crippen LogP contribution >= 0.6 is 0 Å². The van der Waals surface area contributed by atoms with Crippen molar-refractivity contribution in [3.05, 3.63) is 72.9 Å². The SMILES string of the molecule is CC/C=C/C=C/C=C/C=C/CCCCCC(=O)OC(COC(=O)CC/C=C/C/C=C/CCCCCCCC)CO[C@@H]1O[C@@H](CS(=O)(=O)O)[C@H](O)C(O)C1O. The molecule has 6 atom stereocenters. The predicted octanol–water partition coefficient (Wildman–Crippen LogP) is 6.77. The third-order valence-electron chi connectivity index (χ3n) is 8.38. The Morgan fingerprint density at radius 1 is 0.667 bits per heavy atom. The molecule has 308 valence electrons. The van der Waals surface area contributed by atoms with Gasteiger partial charge in [-0.15, -0.1) is 0 Å². The van der Waals surface area contributed by atoms with Gasteiger partial charge < -0.3 is 34.3 Å². The summed E-state index contributed by atoms with van der Waals surface area (Å²) in [4.78, 5) is 25.2. The summed E-state index contributed by atoms with van der Waals surface area (Å²) in [6.45, 7) is 3.48. The lowest BCUT2D eigenvalue weighted by atomic mass is 10.00. The van der Waals surface area contributed by atoms with Crippen LogP contribution < -0.4 is 0 Å². The smallest absolute Gasteiger partial charge is 0.306 e. The lowest BCUT2D eigenvalue weighted by Gasteiger charge is -2.40. The molecule has 54 heavy (non-hydrogen) atoms. The van der Waals surface area contributed by atoms with Crippen LogP contribution in [0.3, 0.4) is 0 Å². The summed E-state index contributed by atoms with van der Waals surface area (Å²) in [5.41, 5.74) is 0. The fraction of sp³-hybridized carbons (Fsp3) is 0.659. The van der Waals surface area contributed by atoms with Crippen LogP contribution in [0, 0.1) is 0 Å². The summed E-state index contributed by atoms with van der Waals surface area (Å²) in [6, 6.07) is 0. The summed E-state index contributed by atoms with van der Waals surface area (Å²) in [5.74, 6) is -2.13. The Hall–Kier alpha value is -2.91. The first-order valence-corrected chi connectivity index (χ1v) is 21.2. The number of hydrogen-bond donors (Lipinski definition) is 4. The highest BCUT2D eigenvalue weighted by molar-refractivity contribution is 7.85. The second-order valence-corrected chi connectivity index (χ2v) is 14.8. The van der Waals surface area contributed by atoms with Crippen LogP contribution in [0.15, 0.2) is 72.9 Å². The van der Waals surface area contributed by atoms with Crippen molar-refractivity contribution in [2.75, 3.05) is 19.0 Å². The molecule has 0 aliphatic carbocycles. The first-order chi connectivity index (χ1) is 26.0. The zero-order valence-corrected chi connectivity index (χ0v) is 33.1. The molecule has 0 aromatic carbocycles. The van der Waals surface area contributed by atoms with Gasteiger partial charge in [0.2, 0.25) is 0 Å². The van der Waals surface area contributed by atoms with Crippen LogP contribution in [0.1, 0.15) is 117 Å². The first-order valence-electron chi connectivity index (χ1n) is 19.5. The number of allylic oxidation sites excluding steroid dienone is 12. The number of carbonyl (C=O) groups excluding carboxylic acids is 2. The average molecular weight is 783 g/mol. The maximum atomic E-state index is 12.7. The molecule has 1 rings (SSSR count). The van der Waals surface area contributed by atoms with E-state index in [9.17, 15) is 37.9 Å². The van der Waals surface area contributed by atoms with E-state index in [2.05, 4.69) is 38.2 Å². The standard InChI is InChI=1S/C41H66O12S/c1-3-5-7-9-11-13-15-17-19-21-23-25-27-29-36(42)50-31-34(32-51-41-40(46)39(45)38(44)35(53-41)33-54(47,48)49)52-37(43)30-28-26-24-22-20-18-16-14-12-10-8-6-4-2/h6,8,10,12,14,16-20,23,25,34-35,38-41,44-46H,3-5,7,9,11,13,15,21-22,24,26-33H2,1-2H3,(H,47,48,49)/b8-6+,12-10+,16-14+,19-17+,20-18+,25-23+/t34?,35-,38-,39?,40?,41+/m0/s1. The molecular formula is C41H66O12S. The Labute approximate surface area is 323 Å². The molecule has 0 spiro atoms. The summed E-state index contributed by atoms with van der Waals surface area (Å²) in [7, 11) is -4.61. The number of aliphatic hydroxyl groups excluding tert-OH is 3. The number of carbonyl (C=O) groups is 2. The Balaban J connectivity index is 2.60. The van der Waals surface area contributed by atoms with Crippen LogP contribution in [-0.4, -0.2) is 96.0 Å². The van der Waals surface area contributed by atoms with Crippen molar-refractivity contribution in [2.24, 2.45) is 0 Å². The van der Waals surface area contributed by atoms with Crippen LogP contribution in [0.4, 0.5) is 0 Å². The van der Waals surface area contributed by atoms with Gasteiger partial charge in [-0.1, -0.05) is 125 Å². The zero-order chi connectivity index (χ0) is 39.9. The minimum absolute atomic E-state index is 0.0998. The summed E-state index contributed by atoms with van der Waals surface area (Å²) in [5, 5.41) is 30.7. The van der Waals surface area contributed by atoms with E-state index in [1.54, 1.807) is 0 Å². The number of ether oxygens (including phenoxy) is 4. The molecule has 12 nitrogen and oxygen atoms in total. The molecule has 0 aromatic heterocycles. The van der Waals surface area contributed by atoms with Crippen molar-refractivity contribution >= 4 is 22.1 Å². The maximum absolute atomic E-state index is 12.7. The highest BCUT2D eigenvalue weighted by Crippen LogP contribution is 2.23. The molecule has 0 radical (unpaired) electrons. The minimum Gasteiger partial charge on any atom is -0.462 e. The Morgan fingerprint density at radius 3 is 1.96 bits per heavy atom. The van der Waals surface area contributed by atoms with E-state index in [-0.39, 0.29) is 19.4 Å². The van der Waals surface area contributed by atoms with Gasteiger partial charge in [0.05, 0.1) is 6.61 Å². The summed E-state index contributed by atoms with van der Waals surface area (Å²) in [6.07, 6.45) is 28.4. The number of esters is 2. The van der Waals surface area contributed by atoms with Crippen molar-refractivity contribution in [1.29, 1.82) is 0 Å². The number of aliphatic hydroxyl groups is 3. The van der Waals surface area contributed by atoms with Crippen LogP contribution in [-0.2, 0) is 38.7 Å². The second kappa shape index (κ2) is 31.3.